The molecule has 2 nitrogen and oxygen atoms in total. The van der Waals surface area contributed by atoms with Gasteiger partial charge in [0.1, 0.15) is 0 Å². The Labute approximate surface area is 122 Å². The number of aliphatic hydroxyl groups is 1. The predicted octanol–water partition coefficient (Wildman–Crippen LogP) is 3.65. The molecule has 0 bridgehead atoms. The quantitative estimate of drug-likeness (QED) is 0.932. The monoisotopic (exact) mass is 288 g/mol. The topological polar surface area (TPSA) is 37.3 Å². The normalized spacial score (nSPS) is 15.6. The third kappa shape index (κ3) is 3.17. The second-order valence-electron chi connectivity index (χ2n) is 5.15. The maximum absolute atomic E-state index is 12.7. The highest BCUT2D eigenvalue weighted by Crippen LogP contribution is 2.28. The van der Waals surface area contributed by atoms with Crippen molar-refractivity contribution >= 4 is 10.8 Å². The van der Waals surface area contributed by atoms with Gasteiger partial charge in [0.05, 0.1) is 16.9 Å². The van der Waals surface area contributed by atoms with E-state index in [4.69, 9.17) is 0 Å². The summed E-state index contributed by atoms with van der Waals surface area (Å²) in [4.78, 5) is 1.57. The highest BCUT2D eigenvalue weighted by Gasteiger charge is 2.19. The van der Waals surface area contributed by atoms with Gasteiger partial charge in [0.2, 0.25) is 0 Å². The Morgan fingerprint density at radius 2 is 1.60 bits per heavy atom. The summed E-state index contributed by atoms with van der Waals surface area (Å²) in [6, 6.07) is 15.4. The fourth-order valence-electron chi connectivity index (χ4n) is 2.07. The number of hydrogen-bond donors (Lipinski definition) is 1. The molecule has 2 rings (SSSR count). The highest BCUT2D eigenvalue weighted by atomic mass is 32.2. The van der Waals surface area contributed by atoms with E-state index in [0.29, 0.717) is 0 Å². The highest BCUT2D eigenvalue weighted by molar-refractivity contribution is 7.85. The summed E-state index contributed by atoms with van der Waals surface area (Å²) in [5.74, 6) is -0.0411. The molecule has 2 aromatic rings. The van der Waals surface area contributed by atoms with Crippen molar-refractivity contribution < 1.29 is 9.32 Å². The third-order valence-corrected chi connectivity index (χ3v) is 5.04. The van der Waals surface area contributed by atoms with E-state index in [-0.39, 0.29) is 5.92 Å². The second kappa shape index (κ2) is 6.33. The van der Waals surface area contributed by atoms with Crippen molar-refractivity contribution in [2.24, 2.45) is 0 Å². The zero-order chi connectivity index (χ0) is 14.7. The second-order valence-corrected chi connectivity index (χ2v) is 6.60. The average Bonchev–Trinajstić information content (AvgIpc) is 2.46. The van der Waals surface area contributed by atoms with Gasteiger partial charge in [-0.05, 0) is 37.6 Å². The number of aliphatic hydroxyl groups excluding tert-OH is 1. The SMILES string of the molecule is Cc1ccc([S@](=O)c2ccccc2[C@@H](C)[C@@H](C)O)cc1. The Morgan fingerprint density at radius 3 is 2.20 bits per heavy atom. The molecule has 2 aromatic carbocycles. The van der Waals surface area contributed by atoms with Crippen LogP contribution in [0.2, 0.25) is 0 Å². The minimum atomic E-state index is -1.21. The molecule has 0 aliphatic heterocycles. The van der Waals surface area contributed by atoms with E-state index in [9.17, 15) is 9.32 Å². The Hall–Kier alpha value is -1.45. The molecule has 0 heterocycles. The lowest BCUT2D eigenvalue weighted by molar-refractivity contribution is 0.168. The van der Waals surface area contributed by atoms with Crippen LogP contribution in [0.5, 0.6) is 0 Å². The molecular weight excluding hydrogens is 268 g/mol. The van der Waals surface area contributed by atoms with Crippen LogP contribution in [0, 0.1) is 6.92 Å². The molecule has 0 spiro atoms. The van der Waals surface area contributed by atoms with Gasteiger partial charge in [0, 0.05) is 15.7 Å². The molecule has 3 atom stereocenters. The minimum absolute atomic E-state index is 0.0411. The lowest BCUT2D eigenvalue weighted by atomic mass is 9.96. The van der Waals surface area contributed by atoms with Gasteiger partial charge in [-0.3, -0.25) is 0 Å². The molecule has 106 valence electrons. The van der Waals surface area contributed by atoms with Crippen molar-refractivity contribution in [3.8, 4) is 0 Å². The van der Waals surface area contributed by atoms with Crippen molar-refractivity contribution in [3.05, 3.63) is 59.7 Å². The molecule has 0 amide bonds. The summed E-state index contributed by atoms with van der Waals surface area (Å²) < 4.78 is 12.7. The number of benzene rings is 2. The number of rotatable bonds is 4. The first-order valence-electron chi connectivity index (χ1n) is 6.76. The molecule has 1 N–H and O–H groups in total. The predicted molar refractivity (Wildman–Crippen MR) is 82.4 cm³/mol. The lowest BCUT2D eigenvalue weighted by Crippen LogP contribution is -2.13. The molecule has 20 heavy (non-hydrogen) atoms. The fourth-order valence-corrected chi connectivity index (χ4v) is 3.38. The van der Waals surface area contributed by atoms with Crippen molar-refractivity contribution in [2.75, 3.05) is 0 Å². The van der Waals surface area contributed by atoms with Crippen molar-refractivity contribution in [2.45, 2.75) is 42.6 Å². The van der Waals surface area contributed by atoms with Gasteiger partial charge in [0.25, 0.3) is 0 Å². The standard InChI is InChI=1S/C17H20O2S/c1-12-8-10-15(11-9-12)20(19)17-7-5-4-6-16(17)13(2)14(3)18/h4-11,13-14,18H,1-3H3/t13-,14+,20-/m0/s1. The van der Waals surface area contributed by atoms with Gasteiger partial charge in [-0.1, -0.05) is 42.8 Å². The molecule has 0 aromatic heterocycles. The van der Waals surface area contributed by atoms with Crippen LogP contribution in [0.1, 0.15) is 30.9 Å². The Balaban J connectivity index is 2.42. The van der Waals surface area contributed by atoms with Gasteiger partial charge in [-0.25, -0.2) is 4.21 Å². The van der Waals surface area contributed by atoms with E-state index >= 15 is 0 Å². The summed E-state index contributed by atoms with van der Waals surface area (Å²) in [7, 11) is -1.21. The van der Waals surface area contributed by atoms with Gasteiger partial charge >= 0.3 is 0 Å². The van der Waals surface area contributed by atoms with E-state index in [1.807, 2.05) is 62.4 Å². The number of aryl methyl sites for hydroxylation is 1. The van der Waals surface area contributed by atoms with E-state index < -0.39 is 16.9 Å². The summed E-state index contributed by atoms with van der Waals surface area (Å²) >= 11 is 0. The van der Waals surface area contributed by atoms with Gasteiger partial charge < -0.3 is 5.11 Å². The summed E-state index contributed by atoms with van der Waals surface area (Å²) in [6.07, 6.45) is -0.467. The Kier molecular flexibility index (Phi) is 4.73. The molecule has 0 radical (unpaired) electrons. The molecular formula is C17H20O2S. The van der Waals surface area contributed by atoms with Crippen LogP contribution in [0.25, 0.3) is 0 Å². The first-order chi connectivity index (χ1) is 9.50. The minimum Gasteiger partial charge on any atom is -0.393 e. The van der Waals surface area contributed by atoms with Crippen LogP contribution >= 0.6 is 0 Å². The van der Waals surface area contributed by atoms with Crippen LogP contribution < -0.4 is 0 Å². The first-order valence-corrected chi connectivity index (χ1v) is 7.91. The molecule has 0 aliphatic carbocycles. The molecule has 0 saturated heterocycles. The zero-order valence-corrected chi connectivity index (χ0v) is 12.9. The van der Waals surface area contributed by atoms with Crippen molar-refractivity contribution in [3.63, 3.8) is 0 Å². The van der Waals surface area contributed by atoms with E-state index in [1.165, 1.54) is 0 Å². The summed E-state index contributed by atoms with van der Waals surface area (Å²) in [5, 5.41) is 9.79. The number of hydrogen-bond acceptors (Lipinski definition) is 2. The van der Waals surface area contributed by atoms with E-state index in [0.717, 1.165) is 20.9 Å². The van der Waals surface area contributed by atoms with Crippen molar-refractivity contribution in [1.29, 1.82) is 0 Å². The third-order valence-electron chi connectivity index (χ3n) is 3.57. The van der Waals surface area contributed by atoms with Gasteiger partial charge in [-0.15, -0.1) is 0 Å². The van der Waals surface area contributed by atoms with Crippen LogP contribution in [-0.4, -0.2) is 15.4 Å². The van der Waals surface area contributed by atoms with E-state index in [1.54, 1.807) is 6.92 Å². The maximum Gasteiger partial charge on any atom is 0.0852 e. The van der Waals surface area contributed by atoms with Crippen molar-refractivity contribution in [1.82, 2.24) is 0 Å². The lowest BCUT2D eigenvalue weighted by Gasteiger charge is -2.18. The van der Waals surface area contributed by atoms with E-state index in [2.05, 4.69) is 0 Å². The van der Waals surface area contributed by atoms with Crippen LogP contribution in [0.4, 0.5) is 0 Å². The summed E-state index contributed by atoms with van der Waals surface area (Å²) in [6.45, 7) is 5.72. The Bertz CT molecular complexity index is 603. The van der Waals surface area contributed by atoms with Gasteiger partial charge in [-0.2, -0.15) is 0 Å². The average molecular weight is 288 g/mol. The Morgan fingerprint density at radius 1 is 1.00 bits per heavy atom. The summed E-state index contributed by atoms with van der Waals surface area (Å²) in [5.41, 5.74) is 2.10. The van der Waals surface area contributed by atoms with Gasteiger partial charge in [0.15, 0.2) is 0 Å². The molecule has 3 heteroatoms. The van der Waals surface area contributed by atoms with Crippen LogP contribution in [0.3, 0.4) is 0 Å². The maximum atomic E-state index is 12.7. The fraction of sp³-hybridized carbons (Fsp3) is 0.294. The molecule has 0 fully saturated rings. The molecule has 0 unspecified atom stereocenters. The van der Waals surface area contributed by atoms with Crippen LogP contribution in [-0.2, 0) is 10.8 Å². The zero-order valence-electron chi connectivity index (χ0n) is 12.0. The smallest absolute Gasteiger partial charge is 0.0852 e. The molecule has 0 saturated carbocycles. The van der Waals surface area contributed by atoms with Crippen LogP contribution in [0.15, 0.2) is 58.3 Å². The largest absolute Gasteiger partial charge is 0.393 e. The first kappa shape index (κ1) is 14.9. The molecule has 0 aliphatic rings.